The van der Waals surface area contributed by atoms with Gasteiger partial charge in [0.1, 0.15) is 0 Å². The van der Waals surface area contributed by atoms with E-state index in [1.807, 2.05) is 22.8 Å². The summed E-state index contributed by atoms with van der Waals surface area (Å²) in [6.07, 6.45) is 6.93. The Labute approximate surface area is 265 Å². The summed E-state index contributed by atoms with van der Waals surface area (Å²) in [7, 11) is 1.70. The molecule has 0 N–H and O–H groups in total. The highest BCUT2D eigenvalue weighted by Crippen LogP contribution is 2.24. The van der Waals surface area contributed by atoms with E-state index in [2.05, 4.69) is 61.5 Å². The van der Waals surface area contributed by atoms with E-state index in [-0.39, 0.29) is 19.4 Å². The lowest BCUT2D eigenvalue weighted by molar-refractivity contribution is -0.137. The number of carbonyl (C=O) groups is 2. The Bertz CT molecular complexity index is 1510. The molecule has 0 radical (unpaired) electrons. The minimum Gasteiger partial charge on any atom is -0.484 e. The van der Waals surface area contributed by atoms with Gasteiger partial charge in [-0.05, 0) is 97.4 Å². The van der Waals surface area contributed by atoms with Crippen molar-refractivity contribution in [1.82, 2.24) is 4.57 Å². The van der Waals surface area contributed by atoms with Crippen LogP contribution in [0.4, 0.5) is 0 Å². The molecule has 3 aliphatic rings. The highest BCUT2D eigenvalue weighted by molar-refractivity contribution is 9.10. The molecule has 1 aromatic heterocycles. The number of aliphatic imine (C=N–C) groups is 1. The molecule has 226 valence electrons. The van der Waals surface area contributed by atoms with Crippen molar-refractivity contribution in [2.24, 2.45) is 16.8 Å². The van der Waals surface area contributed by atoms with Gasteiger partial charge in [0.2, 0.25) is 0 Å². The van der Waals surface area contributed by atoms with Crippen LogP contribution in [0.3, 0.4) is 0 Å². The monoisotopic (exact) mass is 702 g/mol. The molecule has 0 amide bonds. The van der Waals surface area contributed by atoms with Crippen molar-refractivity contribution >= 4 is 60.5 Å². The Hall–Kier alpha value is -2.78. The molecule has 6 rings (SSSR count). The van der Waals surface area contributed by atoms with Crippen LogP contribution in [-0.4, -0.2) is 36.1 Å². The lowest BCUT2D eigenvalue weighted by Crippen LogP contribution is -2.22. The number of halogens is 2. The quantitative estimate of drug-likeness (QED) is 0.175. The second-order valence-electron chi connectivity index (χ2n) is 10.9. The van der Waals surface area contributed by atoms with Crippen LogP contribution in [-0.2, 0) is 33.7 Å². The molecule has 0 saturated carbocycles. The number of pyridine rings is 1. The van der Waals surface area contributed by atoms with Crippen molar-refractivity contribution in [3.05, 3.63) is 78.6 Å². The number of benzene rings is 2. The average molecular weight is 705 g/mol. The van der Waals surface area contributed by atoms with Crippen molar-refractivity contribution in [2.45, 2.75) is 72.8 Å². The Morgan fingerprint density at radius 3 is 2.36 bits per heavy atom. The van der Waals surface area contributed by atoms with Gasteiger partial charge in [-0.25, -0.2) is 4.79 Å². The summed E-state index contributed by atoms with van der Waals surface area (Å²) in [5.74, 6) is 1.41. The predicted octanol–water partition coefficient (Wildman–Crippen LogP) is 7.91. The maximum atomic E-state index is 12.5. The van der Waals surface area contributed by atoms with Crippen molar-refractivity contribution < 1.29 is 19.1 Å². The zero-order valence-electron chi connectivity index (χ0n) is 23.8. The Morgan fingerprint density at radius 1 is 0.905 bits per heavy atom. The average Bonchev–Trinajstić information content (AvgIpc) is 3.26. The minimum absolute atomic E-state index is 0. The molecule has 9 heteroatoms. The lowest BCUT2D eigenvalue weighted by Gasteiger charge is -2.13. The van der Waals surface area contributed by atoms with Crippen LogP contribution in [0.2, 0.25) is 0 Å². The number of aryl methyl sites for hydroxylation is 1. The zero-order valence-corrected chi connectivity index (χ0v) is 26.9. The van der Waals surface area contributed by atoms with Crippen LogP contribution in [0.1, 0.15) is 75.0 Å². The molecule has 2 atom stereocenters. The first kappa shape index (κ1) is 33.7. The second kappa shape index (κ2) is 15.6. The van der Waals surface area contributed by atoms with Gasteiger partial charge in [0, 0.05) is 39.5 Å². The van der Waals surface area contributed by atoms with Gasteiger partial charge < -0.3 is 14.0 Å². The molecular formula is C33H40Br2N2O5. The summed E-state index contributed by atoms with van der Waals surface area (Å²) in [5, 5.41) is 1.88. The number of cyclic esters (lactones) is 2. The first-order valence-electron chi connectivity index (χ1n) is 14.1. The van der Waals surface area contributed by atoms with Gasteiger partial charge in [-0.1, -0.05) is 53.1 Å². The second-order valence-corrected chi connectivity index (χ2v) is 12.7. The van der Waals surface area contributed by atoms with Crippen LogP contribution in [0.25, 0.3) is 10.8 Å². The molecule has 42 heavy (non-hydrogen) atoms. The molecule has 4 heterocycles. The van der Waals surface area contributed by atoms with Crippen molar-refractivity contribution in [3.8, 4) is 0 Å². The zero-order chi connectivity index (χ0) is 29.5. The maximum Gasteiger partial charge on any atom is 0.346 e. The van der Waals surface area contributed by atoms with E-state index in [1.54, 1.807) is 25.3 Å². The van der Waals surface area contributed by atoms with E-state index in [1.165, 1.54) is 25.0 Å². The van der Waals surface area contributed by atoms with E-state index in [0.29, 0.717) is 11.5 Å². The summed E-state index contributed by atoms with van der Waals surface area (Å²) in [4.78, 5) is 38.8. The number of methoxy groups -OCH3 is 1. The summed E-state index contributed by atoms with van der Waals surface area (Å²) in [6, 6.07) is 13.2. The Morgan fingerprint density at radius 2 is 1.60 bits per heavy atom. The molecule has 0 fully saturated rings. The smallest absolute Gasteiger partial charge is 0.346 e. The van der Waals surface area contributed by atoms with Crippen molar-refractivity contribution in [1.29, 1.82) is 0 Å². The highest BCUT2D eigenvalue weighted by atomic mass is 79.9. The van der Waals surface area contributed by atoms with Crippen LogP contribution in [0.5, 0.6) is 0 Å². The van der Waals surface area contributed by atoms with Gasteiger partial charge >= 0.3 is 11.9 Å². The normalized spacial score (nSPS) is 19.5. The van der Waals surface area contributed by atoms with Gasteiger partial charge in [0.25, 0.3) is 5.56 Å². The molecule has 3 aromatic rings. The van der Waals surface area contributed by atoms with Gasteiger partial charge in [-0.3, -0.25) is 14.6 Å². The van der Waals surface area contributed by atoms with E-state index in [9.17, 15) is 14.4 Å². The fourth-order valence-electron chi connectivity index (χ4n) is 5.15. The minimum atomic E-state index is -0.557. The first-order chi connectivity index (χ1) is 19.6. The van der Waals surface area contributed by atoms with Crippen LogP contribution >= 0.6 is 31.9 Å². The van der Waals surface area contributed by atoms with E-state index >= 15 is 0 Å². The summed E-state index contributed by atoms with van der Waals surface area (Å²) < 4.78 is 13.4. The third-order valence-corrected chi connectivity index (χ3v) is 8.71. The number of carbonyl (C=O) groups excluding carboxylic acids is 2. The number of nitrogens with zero attached hydrogens (tertiary/aromatic N) is 2. The van der Waals surface area contributed by atoms with Gasteiger partial charge in [-0.2, -0.15) is 0 Å². The molecule has 7 nitrogen and oxygen atoms in total. The van der Waals surface area contributed by atoms with E-state index in [0.717, 1.165) is 69.4 Å². The van der Waals surface area contributed by atoms with Crippen LogP contribution < -0.4 is 5.56 Å². The van der Waals surface area contributed by atoms with E-state index in [4.69, 9.17) is 4.74 Å². The number of ether oxygens (including phenoxy) is 2. The molecule has 0 saturated heterocycles. The molecule has 0 spiro atoms. The fourth-order valence-corrected chi connectivity index (χ4v) is 5.94. The number of esters is 2. The number of hydrogen-bond donors (Lipinski definition) is 0. The third-order valence-electron chi connectivity index (χ3n) is 7.72. The van der Waals surface area contributed by atoms with Crippen LogP contribution in [0.15, 0.2) is 61.2 Å². The number of aromatic nitrogens is 1. The van der Waals surface area contributed by atoms with Gasteiger partial charge in [0.05, 0.1) is 19.1 Å². The van der Waals surface area contributed by atoms with Crippen molar-refractivity contribution in [2.75, 3.05) is 13.7 Å². The third kappa shape index (κ3) is 8.86. The molecule has 2 aromatic carbocycles. The lowest BCUT2D eigenvalue weighted by atomic mass is 10.0. The first-order valence-corrected chi connectivity index (χ1v) is 15.7. The Balaban J connectivity index is 0.000000179. The van der Waals surface area contributed by atoms with E-state index < -0.39 is 11.9 Å². The molecular weight excluding hydrogens is 664 g/mol. The summed E-state index contributed by atoms with van der Waals surface area (Å²) >= 11 is 6.74. The van der Waals surface area contributed by atoms with Crippen LogP contribution in [0, 0.1) is 11.8 Å². The summed E-state index contributed by atoms with van der Waals surface area (Å²) in [5.41, 5.74) is 2.55. The molecule has 0 aliphatic carbocycles. The summed E-state index contributed by atoms with van der Waals surface area (Å²) in [6.45, 7) is 6.35. The van der Waals surface area contributed by atoms with Gasteiger partial charge in [0.15, 0.2) is 5.90 Å². The Kier molecular flexibility index (Phi) is 12.5. The fraction of sp³-hybridized carbons (Fsp3) is 0.455. The number of fused-ring (bicyclic) bond motifs is 3. The molecule has 0 bridgehead atoms. The number of rotatable bonds is 0. The van der Waals surface area contributed by atoms with Crippen molar-refractivity contribution in [3.63, 3.8) is 0 Å². The standard InChI is InChI=1S/C15H16BrNO.C9H5BrO3.C8H15NO.CH4/c1-10-2-4-13-9-11-8-12(16)3-5-14(11)15(18)17(13)7-6-10;10-6-1-2-7-5(3-6)4-8(11)13-9(7)12;1-7-3-4-8(10-2)9-6-5-7;/h3,5,8-10H,2,4,6-7H2,1H3;1-3H,4H2;7H,3-6H2,1-2H3;1H4. The van der Waals surface area contributed by atoms with Gasteiger partial charge in [-0.15, -0.1) is 0 Å². The predicted molar refractivity (Wildman–Crippen MR) is 175 cm³/mol. The molecule has 3 aliphatic heterocycles. The SMILES string of the molecule is C.CC1CCc2cc3cc(Br)ccc3c(=O)n2CC1.COC1=NCCC(C)CC1.O=C1Cc2cc(Br)ccc2C(=O)O1. The highest BCUT2D eigenvalue weighted by Gasteiger charge is 2.24. The largest absolute Gasteiger partial charge is 0.484 e. The number of hydrogen-bond acceptors (Lipinski definition) is 6. The maximum absolute atomic E-state index is 12.5. The topological polar surface area (TPSA) is 87.0 Å². The molecule has 2 unspecified atom stereocenters.